The first-order valence-corrected chi connectivity index (χ1v) is 4.15. The van der Waals surface area contributed by atoms with Gasteiger partial charge in [0.2, 0.25) is 0 Å². The molecule has 0 spiro atoms. The third kappa shape index (κ3) is 1.70. The van der Waals surface area contributed by atoms with Crippen molar-refractivity contribution in [2.45, 2.75) is 25.9 Å². The number of nitrogens with zero attached hydrogens (tertiary/aromatic N) is 2. The van der Waals surface area contributed by atoms with Crippen LogP contribution in [0, 0.1) is 11.3 Å². The van der Waals surface area contributed by atoms with Crippen LogP contribution in [0.4, 0.5) is 0 Å². The van der Waals surface area contributed by atoms with Gasteiger partial charge in [0, 0.05) is 19.1 Å². The van der Waals surface area contributed by atoms with Crippen LogP contribution < -0.4 is 5.32 Å². The van der Waals surface area contributed by atoms with E-state index in [2.05, 4.69) is 23.2 Å². The van der Waals surface area contributed by atoms with Crippen molar-refractivity contribution < 1.29 is 0 Å². The van der Waals surface area contributed by atoms with Crippen LogP contribution in [-0.2, 0) is 0 Å². The summed E-state index contributed by atoms with van der Waals surface area (Å²) < 4.78 is 0. The maximum absolute atomic E-state index is 8.69. The Morgan fingerprint density at radius 3 is 2.64 bits per heavy atom. The molecule has 1 rings (SSSR count). The lowest BCUT2D eigenvalue weighted by atomic mass is 10.1. The van der Waals surface area contributed by atoms with Gasteiger partial charge in [0.05, 0.1) is 12.1 Å². The first-order valence-electron chi connectivity index (χ1n) is 4.15. The molecule has 0 radical (unpaired) electrons. The number of nitriles is 1. The topological polar surface area (TPSA) is 39.1 Å². The Labute approximate surface area is 68.0 Å². The van der Waals surface area contributed by atoms with Gasteiger partial charge in [-0.05, 0) is 13.5 Å². The molecule has 0 amide bonds. The van der Waals surface area contributed by atoms with E-state index < -0.39 is 0 Å². The van der Waals surface area contributed by atoms with Crippen LogP contribution in [0.25, 0.3) is 0 Å². The number of likely N-dealkylation sites (N-methyl/N-ethyl adjacent to an activating group) is 1. The largest absolute Gasteiger partial charge is 0.314 e. The first kappa shape index (κ1) is 8.51. The molecule has 1 atom stereocenters. The van der Waals surface area contributed by atoms with E-state index in [-0.39, 0.29) is 6.04 Å². The van der Waals surface area contributed by atoms with Crippen molar-refractivity contribution in [2.24, 2.45) is 0 Å². The maximum atomic E-state index is 8.69. The summed E-state index contributed by atoms with van der Waals surface area (Å²) >= 11 is 0. The predicted molar refractivity (Wildman–Crippen MR) is 44.1 cm³/mol. The van der Waals surface area contributed by atoms with Crippen molar-refractivity contribution >= 4 is 0 Å². The summed E-state index contributed by atoms with van der Waals surface area (Å²) in [6.45, 7) is 7.12. The van der Waals surface area contributed by atoms with Gasteiger partial charge in [-0.3, -0.25) is 4.90 Å². The fraction of sp³-hybridized carbons (Fsp3) is 0.875. The van der Waals surface area contributed by atoms with Gasteiger partial charge in [-0.15, -0.1) is 0 Å². The van der Waals surface area contributed by atoms with Crippen LogP contribution >= 0.6 is 0 Å². The third-order valence-corrected chi connectivity index (χ3v) is 2.28. The summed E-state index contributed by atoms with van der Waals surface area (Å²) in [7, 11) is 0. The third-order valence-electron chi connectivity index (χ3n) is 2.28. The molecule has 1 aliphatic heterocycles. The van der Waals surface area contributed by atoms with Crippen LogP contribution in [0.5, 0.6) is 0 Å². The average molecular weight is 153 g/mol. The van der Waals surface area contributed by atoms with Crippen molar-refractivity contribution in [2.75, 3.05) is 19.6 Å². The SMILES string of the molecule is CCN(C(C)C#N)C1CNC1. The highest BCUT2D eigenvalue weighted by atomic mass is 15.2. The standard InChI is InChI=1S/C8H15N3/c1-3-11(7(2)4-9)8-5-10-6-8/h7-8,10H,3,5-6H2,1-2H3. The molecule has 62 valence electrons. The summed E-state index contributed by atoms with van der Waals surface area (Å²) in [6.07, 6.45) is 0. The molecule has 1 aliphatic rings. The molecule has 0 aliphatic carbocycles. The van der Waals surface area contributed by atoms with Gasteiger partial charge in [-0.2, -0.15) is 5.26 Å². The lowest BCUT2D eigenvalue weighted by molar-refractivity contribution is 0.133. The predicted octanol–water partition coefficient (Wildman–Crippen LogP) is 0.192. The van der Waals surface area contributed by atoms with E-state index in [9.17, 15) is 0 Å². The average Bonchev–Trinajstić information content (AvgIpc) is 1.94. The zero-order valence-corrected chi connectivity index (χ0v) is 7.17. The lowest BCUT2D eigenvalue weighted by Gasteiger charge is -2.38. The Hall–Kier alpha value is -0.590. The number of hydrogen-bond acceptors (Lipinski definition) is 3. The Kier molecular flexibility index (Phi) is 2.86. The summed E-state index contributed by atoms with van der Waals surface area (Å²) in [5.74, 6) is 0. The summed E-state index contributed by atoms with van der Waals surface area (Å²) in [4.78, 5) is 2.23. The molecule has 1 unspecified atom stereocenters. The van der Waals surface area contributed by atoms with Gasteiger partial charge in [-0.1, -0.05) is 6.92 Å². The highest BCUT2D eigenvalue weighted by Crippen LogP contribution is 2.08. The molecule has 0 aromatic rings. The quantitative estimate of drug-likeness (QED) is 0.629. The molecule has 0 bridgehead atoms. The van der Waals surface area contributed by atoms with E-state index in [0.29, 0.717) is 6.04 Å². The minimum absolute atomic E-state index is 0.0621. The van der Waals surface area contributed by atoms with E-state index in [4.69, 9.17) is 5.26 Å². The molecule has 0 aromatic heterocycles. The monoisotopic (exact) mass is 153 g/mol. The molecule has 3 heteroatoms. The van der Waals surface area contributed by atoms with Crippen LogP contribution in [0.3, 0.4) is 0 Å². The zero-order valence-electron chi connectivity index (χ0n) is 7.17. The molecular weight excluding hydrogens is 138 g/mol. The van der Waals surface area contributed by atoms with Crippen molar-refractivity contribution in [3.8, 4) is 6.07 Å². The van der Waals surface area contributed by atoms with E-state index in [1.54, 1.807) is 0 Å². The van der Waals surface area contributed by atoms with Crippen LogP contribution in [0.1, 0.15) is 13.8 Å². The molecule has 3 nitrogen and oxygen atoms in total. The fourth-order valence-electron chi connectivity index (χ4n) is 1.43. The molecule has 0 aromatic carbocycles. The Bertz CT molecular complexity index is 157. The van der Waals surface area contributed by atoms with Gasteiger partial charge in [0.25, 0.3) is 0 Å². The molecule has 0 saturated carbocycles. The number of hydrogen-bond donors (Lipinski definition) is 1. The van der Waals surface area contributed by atoms with Crippen LogP contribution in [0.15, 0.2) is 0 Å². The van der Waals surface area contributed by atoms with E-state index in [1.165, 1.54) is 0 Å². The summed E-state index contributed by atoms with van der Waals surface area (Å²) in [5.41, 5.74) is 0. The van der Waals surface area contributed by atoms with E-state index in [0.717, 1.165) is 19.6 Å². The van der Waals surface area contributed by atoms with Crippen LogP contribution in [-0.4, -0.2) is 36.6 Å². The van der Waals surface area contributed by atoms with Crippen molar-refractivity contribution in [1.82, 2.24) is 10.2 Å². The van der Waals surface area contributed by atoms with Crippen molar-refractivity contribution in [3.05, 3.63) is 0 Å². The fourth-order valence-corrected chi connectivity index (χ4v) is 1.43. The van der Waals surface area contributed by atoms with Gasteiger partial charge < -0.3 is 5.32 Å². The van der Waals surface area contributed by atoms with Crippen molar-refractivity contribution in [3.63, 3.8) is 0 Å². The Morgan fingerprint density at radius 2 is 2.36 bits per heavy atom. The number of nitrogens with one attached hydrogen (secondary N) is 1. The molecule has 11 heavy (non-hydrogen) atoms. The van der Waals surface area contributed by atoms with Crippen molar-refractivity contribution in [1.29, 1.82) is 5.26 Å². The lowest BCUT2D eigenvalue weighted by Crippen LogP contribution is -2.59. The van der Waals surface area contributed by atoms with Gasteiger partial charge >= 0.3 is 0 Å². The molecule has 1 heterocycles. The maximum Gasteiger partial charge on any atom is 0.0952 e. The normalized spacial score (nSPS) is 20.9. The molecule has 1 N–H and O–H groups in total. The van der Waals surface area contributed by atoms with Gasteiger partial charge in [0.15, 0.2) is 0 Å². The second-order valence-corrected chi connectivity index (χ2v) is 2.95. The minimum Gasteiger partial charge on any atom is -0.314 e. The molecule has 1 fully saturated rings. The first-order chi connectivity index (χ1) is 5.29. The second-order valence-electron chi connectivity index (χ2n) is 2.95. The Balaban J connectivity index is 2.42. The van der Waals surface area contributed by atoms with Crippen LogP contribution in [0.2, 0.25) is 0 Å². The second kappa shape index (κ2) is 3.70. The van der Waals surface area contributed by atoms with Gasteiger partial charge in [-0.25, -0.2) is 0 Å². The van der Waals surface area contributed by atoms with E-state index in [1.807, 2.05) is 6.92 Å². The molecular formula is C8H15N3. The highest BCUT2D eigenvalue weighted by Gasteiger charge is 2.26. The summed E-state index contributed by atoms with van der Waals surface area (Å²) in [6, 6.07) is 2.92. The highest BCUT2D eigenvalue weighted by molar-refractivity contribution is 4.94. The van der Waals surface area contributed by atoms with Gasteiger partial charge in [0.1, 0.15) is 0 Å². The smallest absolute Gasteiger partial charge is 0.0952 e. The van der Waals surface area contributed by atoms with E-state index >= 15 is 0 Å². The minimum atomic E-state index is 0.0621. The number of rotatable bonds is 3. The zero-order chi connectivity index (χ0) is 8.27. The molecule has 1 saturated heterocycles. The summed E-state index contributed by atoms with van der Waals surface area (Å²) in [5, 5.41) is 11.9. The Morgan fingerprint density at radius 1 is 1.73 bits per heavy atom.